The highest BCUT2D eigenvalue weighted by Crippen LogP contribution is 2.23. The van der Waals surface area contributed by atoms with Crippen molar-refractivity contribution >= 4 is 5.91 Å². The molecule has 2 saturated heterocycles. The van der Waals surface area contributed by atoms with E-state index in [9.17, 15) is 4.79 Å². The minimum Gasteiger partial charge on any atom is -0.381 e. The third kappa shape index (κ3) is 4.20. The van der Waals surface area contributed by atoms with Crippen LogP contribution in [0.1, 0.15) is 43.1 Å². The minimum atomic E-state index is 0.162. The van der Waals surface area contributed by atoms with Crippen LogP contribution in [-0.2, 0) is 40.4 Å². The van der Waals surface area contributed by atoms with Gasteiger partial charge in [0.15, 0.2) is 0 Å². The number of carbonyl (C=O) groups excluding carboxylic acids is 1. The summed E-state index contributed by atoms with van der Waals surface area (Å²) in [5.74, 6) is 0.496. The third-order valence-electron chi connectivity index (χ3n) is 6.12. The van der Waals surface area contributed by atoms with Gasteiger partial charge in [0.25, 0.3) is 0 Å². The predicted molar refractivity (Wildman–Crippen MR) is 101 cm³/mol. The third-order valence-corrected chi connectivity index (χ3v) is 6.12. The smallest absolute Gasteiger partial charge is 0.225 e. The molecule has 27 heavy (non-hydrogen) atoms. The van der Waals surface area contributed by atoms with Gasteiger partial charge in [-0.15, -0.1) is 0 Å². The first-order valence-electron chi connectivity index (χ1n) is 10.5. The number of amides is 1. The molecule has 1 aromatic heterocycles. The van der Waals surface area contributed by atoms with E-state index >= 15 is 0 Å². The molecule has 3 aliphatic heterocycles. The van der Waals surface area contributed by atoms with E-state index in [1.807, 2.05) is 0 Å². The Labute approximate surface area is 161 Å². The molecule has 4 rings (SSSR count). The summed E-state index contributed by atoms with van der Waals surface area (Å²) in [6.07, 6.45) is 3.74. The maximum atomic E-state index is 12.8. The molecule has 1 amide bonds. The van der Waals surface area contributed by atoms with Crippen molar-refractivity contribution in [2.75, 3.05) is 46.0 Å². The Hall–Kier alpha value is -1.44. The molecular formula is C20H32N4O3. The molecule has 0 radical (unpaired) electrons. The quantitative estimate of drug-likeness (QED) is 0.796. The van der Waals surface area contributed by atoms with Gasteiger partial charge in [0, 0.05) is 76.1 Å². The lowest BCUT2D eigenvalue weighted by Crippen LogP contribution is -2.40. The van der Waals surface area contributed by atoms with E-state index in [2.05, 4.69) is 21.4 Å². The van der Waals surface area contributed by atoms with E-state index in [-0.39, 0.29) is 5.92 Å². The molecule has 150 valence electrons. The molecule has 3 aliphatic rings. The Balaban J connectivity index is 1.37. The van der Waals surface area contributed by atoms with E-state index in [1.54, 1.807) is 0 Å². The fraction of sp³-hybridized carbons (Fsp3) is 0.800. The van der Waals surface area contributed by atoms with Gasteiger partial charge in [-0.3, -0.25) is 14.4 Å². The summed E-state index contributed by atoms with van der Waals surface area (Å²) in [4.78, 5) is 17.4. The SMILES string of the molecule is CCn1nc(CN2CCCN(C(=O)C3CCOCC3)CC2)c2c1CCOC2. The molecule has 0 unspecified atom stereocenters. The van der Waals surface area contributed by atoms with Gasteiger partial charge < -0.3 is 14.4 Å². The molecule has 0 saturated carbocycles. The highest BCUT2D eigenvalue weighted by Gasteiger charge is 2.28. The predicted octanol–water partition coefficient (Wildman–Crippen LogP) is 1.44. The van der Waals surface area contributed by atoms with E-state index in [0.29, 0.717) is 12.5 Å². The number of rotatable bonds is 4. The van der Waals surface area contributed by atoms with Gasteiger partial charge in [-0.2, -0.15) is 5.10 Å². The Bertz CT molecular complexity index is 654. The number of ether oxygens (including phenoxy) is 2. The molecule has 2 fully saturated rings. The molecule has 0 N–H and O–H groups in total. The van der Waals surface area contributed by atoms with Crippen LogP contribution in [0.3, 0.4) is 0 Å². The molecule has 1 aromatic rings. The Kier molecular flexibility index (Phi) is 6.10. The molecule has 0 aromatic carbocycles. The van der Waals surface area contributed by atoms with Crippen molar-refractivity contribution in [2.24, 2.45) is 5.92 Å². The molecule has 0 bridgehead atoms. The molecular weight excluding hydrogens is 344 g/mol. The zero-order valence-corrected chi connectivity index (χ0v) is 16.5. The number of hydrogen-bond acceptors (Lipinski definition) is 5. The van der Waals surface area contributed by atoms with Crippen molar-refractivity contribution in [3.05, 3.63) is 17.0 Å². The maximum absolute atomic E-state index is 12.8. The summed E-state index contributed by atoms with van der Waals surface area (Å²) in [6.45, 7) is 10.5. The summed E-state index contributed by atoms with van der Waals surface area (Å²) >= 11 is 0. The number of aromatic nitrogens is 2. The van der Waals surface area contributed by atoms with Gasteiger partial charge in [0.05, 0.1) is 18.9 Å². The molecule has 0 aliphatic carbocycles. The van der Waals surface area contributed by atoms with Crippen LogP contribution in [0.15, 0.2) is 0 Å². The zero-order chi connectivity index (χ0) is 18.6. The van der Waals surface area contributed by atoms with Gasteiger partial charge in [0.1, 0.15) is 0 Å². The summed E-state index contributed by atoms with van der Waals surface area (Å²) in [5, 5.41) is 4.86. The van der Waals surface area contributed by atoms with Crippen LogP contribution in [-0.4, -0.2) is 71.5 Å². The van der Waals surface area contributed by atoms with Gasteiger partial charge in [0.2, 0.25) is 5.91 Å². The Morgan fingerprint density at radius 3 is 2.78 bits per heavy atom. The standard InChI is InChI=1S/C20H32N4O3/c1-2-24-19-6-13-27-15-17(19)18(21-24)14-22-7-3-8-23(10-9-22)20(25)16-4-11-26-12-5-16/h16H,2-15H2,1H3. The number of nitrogens with zero attached hydrogens (tertiary/aromatic N) is 4. The fourth-order valence-electron chi connectivity index (χ4n) is 4.53. The highest BCUT2D eigenvalue weighted by atomic mass is 16.5. The number of hydrogen-bond donors (Lipinski definition) is 0. The second kappa shape index (κ2) is 8.71. The van der Waals surface area contributed by atoms with Crippen LogP contribution in [0, 0.1) is 5.92 Å². The monoisotopic (exact) mass is 376 g/mol. The van der Waals surface area contributed by atoms with Crippen LogP contribution >= 0.6 is 0 Å². The van der Waals surface area contributed by atoms with Gasteiger partial charge in [-0.05, 0) is 26.2 Å². The largest absolute Gasteiger partial charge is 0.381 e. The minimum absolute atomic E-state index is 0.162. The number of aryl methyl sites for hydroxylation is 1. The average molecular weight is 377 g/mol. The summed E-state index contributed by atoms with van der Waals surface area (Å²) in [7, 11) is 0. The normalized spacial score (nSPS) is 22.5. The van der Waals surface area contributed by atoms with Gasteiger partial charge in [-0.25, -0.2) is 0 Å². The van der Waals surface area contributed by atoms with E-state index in [4.69, 9.17) is 14.6 Å². The van der Waals surface area contributed by atoms with Crippen LogP contribution in [0.4, 0.5) is 0 Å². The van der Waals surface area contributed by atoms with E-state index < -0.39 is 0 Å². The molecule has 0 spiro atoms. The van der Waals surface area contributed by atoms with Crippen LogP contribution in [0.25, 0.3) is 0 Å². The Morgan fingerprint density at radius 2 is 1.96 bits per heavy atom. The van der Waals surface area contributed by atoms with Crippen molar-refractivity contribution in [1.82, 2.24) is 19.6 Å². The molecule has 7 nitrogen and oxygen atoms in total. The number of carbonyl (C=O) groups is 1. The van der Waals surface area contributed by atoms with E-state index in [1.165, 1.54) is 11.3 Å². The topological polar surface area (TPSA) is 59.8 Å². The van der Waals surface area contributed by atoms with Crippen molar-refractivity contribution in [1.29, 1.82) is 0 Å². The van der Waals surface area contributed by atoms with Gasteiger partial charge in [-0.1, -0.05) is 0 Å². The lowest BCUT2D eigenvalue weighted by Gasteiger charge is -2.28. The summed E-state index contributed by atoms with van der Waals surface area (Å²) < 4.78 is 13.2. The molecule has 0 atom stereocenters. The van der Waals surface area contributed by atoms with Crippen molar-refractivity contribution < 1.29 is 14.3 Å². The van der Waals surface area contributed by atoms with E-state index in [0.717, 1.165) is 90.5 Å². The first-order valence-corrected chi connectivity index (χ1v) is 10.5. The molecule has 7 heteroatoms. The van der Waals surface area contributed by atoms with Crippen molar-refractivity contribution in [3.8, 4) is 0 Å². The van der Waals surface area contributed by atoms with Crippen LogP contribution < -0.4 is 0 Å². The lowest BCUT2D eigenvalue weighted by atomic mass is 9.98. The van der Waals surface area contributed by atoms with Gasteiger partial charge >= 0.3 is 0 Å². The average Bonchev–Trinajstić information content (AvgIpc) is 2.90. The van der Waals surface area contributed by atoms with Crippen molar-refractivity contribution in [2.45, 2.75) is 52.3 Å². The van der Waals surface area contributed by atoms with Crippen LogP contribution in [0.2, 0.25) is 0 Å². The second-order valence-corrected chi connectivity index (χ2v) is 7.83. The lowest BCUT2D eigenvalue weighted by molar-refractivity contribution is -0.138. The second-order valence-electron chi connectivity index (χ2n) is 7.83. The maximum Gasteiger partial charge on any atom is 0.225 e. The summed E-state index contributed by atoms with van der Waals surface area (Å²) in [6, 6.07) is 0. The Morgan fingerprint density at radius 1 is 1.11 bits per heavy atom. The molecule has 4 heterocycles. The van der Waals surface area contributed by atoms with Crippen LogP contribution in [0.5, 0.6) is 0 Å². The highest BCUT2D eigenvalue weighted by molar-refractivity contribution is 5.79. The van der Waals surface area contributed by atoms with Crippen molar-refractivity contribution in [3.63, 3.8) is 0 Å². The summed E-state index contributed by atoms with van der Waals surface area (Å²) in [5.41, 5.74) is 3.81. The first kappa shape index (κ1) is 18.9. The zero-order valence-electron chi connectivity index (χ0n) is 16.5. The first-order chi connectivity index (χ1) is 13.3. The number of fused-ring (bicyclic) bond motifs is 1. The fourth-order valence-corrected chi connectivity index (χ4v) is 4.53.